The van der Waals surface area contributed by atoms with Crippen molar-refractivity contribution in [2.45, 2.75) is 110 Å². The molecule has 4 heterocycles. The second kappa shape index (κ2) is 14.3. The van der Waals surface area contributed by atoms with E-state index in [1.165, 1.54) is 11.1 Å². The van der Waals surface area contributed by atoms with E-state index in [1.54, 1.807) is 15.9 Å². The molecule has 0 aliphatic carbocycles. The van der Waals surface area contributed by atoms with E-state index in [1.807, 2.05) is 34.6 Å². The van der Waals surface area contributed by atoms with Crippen molar-refractivity contribution in [1.29, 1.82) is 0 Å². The molecule has 1 aromatic heterocycles. The molecule has 3 aliphatic rings. The first kappa shape index (κ1) is 32.9. The summed E-state index contributed by atoms with van der Waals surface area (Å²) in [5.74, 6) is 0.281. The second-order valence-electron chi connectivity index (χ2n) is 13.5. The Morgan fingerprint density at radius 1 is 1.00 bits per heavy atom. The van der Waals surface area contributed by atoms with Crippen molar-refractivity contribution in [3.63, 3.8) is 0 Å². The van der Waals surface area contributed by atoms with Gasteiger partial charge in [-0.25, -0.2) is 4.79 Å². The molecule has 5 rings (SSSR count). The number of hydrogen-bond donors (Lipinski definition) is 2. The van der Waals surface area contributed by atoms with E-state index in [9.17, 15) is 14.7 Å². The van der Waals surface area contributed by atoms with Crippen LogP contribution in [0.2, 0.25) is 0 Å². The fourth-order valence-electron chi connectivity index (χ4n) is 6.50. The molecule has 2 aromatic rings. The monoisotopic (exact) mass is 622 g/mol. The number of carbonyl (C=O) groups is 2. The number of aromatic nitrogens is 2. The first-order chi connectivity index (χ1) is 21.5. The number of ether oxygens (including phenoxy) is 2. The number of β-amino-alcohol motifs (C(OH)–C–C–N with tert-alkyl or cyclic N) is 1. The van der Waals surface area contributed by atoms with Crippen molar-refractivity contribution in [2.75, 3.05) is 38.0 Å². The Hall–Kier alpha value is -3.44. The maximum absolute atomic E-state index is 13.8. The van der Waals surface area contributed by atoms with Gasteiger partial charge in [0.2, 0.25) is 0 Å². The van der Waals surface area contributed by atoms with Crippen molar-refractivity contribution < 1.29 is 24.2 Å². The van der Waals surface area contributed by atoms with E-state index in [2.05, 4.69) is 44.5 Å². The van der Waals surface area contributed by atoms with Crippen molar-refractivity contribution in [3.8, 4) is 6.01 Å². The number of nitrogens with zero attached hydrogens (tertiary/aromatic N) is 5. The minimum absolute atomic E-state index is 0.00495. The number of nitrogens with one attached hydrogen (secondary N) is 1. The number of aliphatic hydroxyl groups excluding tert-OH is 1. The maximum atomic E-state index is 13.8. The van der Waals surface area contributed by atoms with Crippen LogP contribution in [0.25, 0.3) is 0 Å². The van der Waals surface area contributed by atoms with Crippen molar-refractivity contribution in [3.05, 3.63) is 47.2 Å². The molecule has 3 aliphatic heterocycles. The number of fused-ring (bicyclic) bond motifs is 1. The topological polar surface area (TPSA) is 120 Å². The molecule has 0 saturated carbocycles. The molecular formula is C34H50N6O5. The molecule has 2 amide bonds. The molecule has 0 radical (unpaired) electrons. The molecule has 246 valence electrons. The Balaban J connectivity index is 1.24. The SMILES string of the molecule is CCC(CC)Oc1nc(NC2CCN(C(=O)OC(C)(C)C)CC2)cc(C(=O)N2CC[C@@H](N3CCc4ccccc4C3)[C@H](O)C2)n1. The van der Waals surface area contributed by atoms with Gasteiger partial charge >= 0.3 is 12.1 Å². The summed E-state index contributed by atoms with van der Waals surface area (Å²) in [6, 6.07) is 10.4. The van der Waals surface area contributed by atoms with Crippen molar-refractivity contribution in [2.24, 2.45) is 0 Å². The van der Waals surface area contributed by atoms with Crippen LogP contribution < -0.4 is 10.1 Å². The molecular weight excluding hydrogens is 572 g/mol. The predicted molar refractivity (Wildman–Crippen MR) is 172 cm³/mol. The molecule has 2 saturated heterocycles. The summed E-state index contributed by atoms with van der Waals surface area (Å²) in [5, 5.41) is 14.7. The number of anilines is 1. The van der Waals surface area contributed by atoms with Crippen LogP contribution in [-0.2, 0) is 17.7 Å². The lowest BCUT2D eigenvalue weighted by Crippen LogP contribution is -2.56. The predicted octanol–water partition coefficient (Wildman–Crippen LogP) is 4.49. The number of aliphatic hydroxyl groups is 1. The highest BCUT2D eigenvalue weighted by Gasteiger charge is 2.36. The van der Waals surface area contributed by atoms with Gasteiger partial charge in [-0.1, -0.05) is 38.1 Å². The van der Waals surface area contributed by atoms with E-state index in [4.69, 9.17) is 9.47 Å². The normalized spacial score (nSPS) is 21.4. The standard InChI is InChI=1S/C34H50N6O5/c1-6-26(7-2)44-32-36-27(20-30(37-32)35-25-13-17-38(18-14-25)33(43)45-34(3,4)5)31(42)40-19-15-28(29(41)22-40)39-16-12-23-10-8-9-11-24(23)21-39/h8-11,20,25-26,28-29,41H,6-7,12-19,21-22H2,1-5H3,(H,35,36,37)/t28-,29-/m1/s1. The highest BCUT2D eigenvalue weighted by molar-refractivity contribution is 5.93. The number of hydrogen-bond acceptors (Lipinski definition) is 9. The number of carbonyl (C=O) groups excluding carboxylic acids is 2. The summed E-state index contributed by atoms with van der Waals surface area (Å²) >= 11 is 0. The second-order valence-corrected chi connectivity index (χ2v) is 13.5. The smallest absolute Gasteiger partial charge is 0.410 e. The zero-order valence-electron chi connectivity index (χ0n) is 27.5. The summed E-state index contributed by atoms with van der Waals surface area (Å²) in [5.41, 5.74) is 2.41. The molecule has 2 fully saturated rings. The van der Waals surface area contributed by atoms with Gasteiger partial charge in [-0.05, 0) is 70.4 Å². The van der Waals surface area contributed by atoms with Crippen molar-refractivity contribution in [1.82, 2.24) is 24.7 Å². The van der Waals surface area contributed by atoms with Gasteiger partial charge in [-0.2, -0.15) is 9.97 Å². The third kappa shape index (κ3) is 8.43. The average molecular weight is 623 g/mol. The molecule has 11 nitrogen and oxygen atoms in total. The number of amides is 2. The van der Waals surface area contributed by atoms with Crippen molar-refractivity contribution >= 4 is 17.8 Å². The average Bonchev–Trinajstić information content (AvgIpc) is 3.02. The lowest BCUT2D eigenvalue weighted by molar-refractivity contribution is -0.0139. The van der Waals surface area contributed by atoms with E-state index >= 15 is 0 Å². The molecule has 11 heteroatoms. The van der Waals surface area contributed by atoms with Crippen LogP contribution in [0.4, 0.5) is 10.6 Å². The van der Waals surface area contributed by atoms with Gasteiger partial charge in [0.1, 0.15) is 23.2 Å². The number of rotatable bonds is 8. The third-order valence-corrected chi connectivity index (χ3v) is 9.07. The minimum Gasteiger partial charge on any atom is -0.460 e. The van der Waals surface area contributed by atoms with Crippen LogP contribution in [0.3, 0.4) is 0 Å². The highest BCUT2D eigenvalue weighted by Crippen LogP contribution is 2.27. The summed E-state index contributed by atoms with van der Waals surface area (Å²) in [7, 11) is 0. The van der Waals surface area contributed by atoms with Gasteiger partial charge in [0, 0.05) is 57.4 Å². The number of likely N-dealkylation sites (tertiary alicyclic amines) is 2. The Bertz CT molecular complexity index is 1320. The van der Waals surface area contributed by atoms with E-state index in [0.717, 1.165) is 45.2 Å². The zero-order chi connectivity index (χ0) is 32.1. The lowest BCUT2D eigenvalue weighted by Gasteiger charge is -2.43. The van der Waals surface area contributed by atoms with Gasteiger partial charge in [-0.3, -0.25) is 9.69 Å². The van der Waals surface area contributed by atoms with Gasteiger partial charge in [0.15, 0.2) is 0 Å². The molecule has 0 spiro atoms. The number of piperidine rings is 2. The summed E-state index contributed by atoms with van der Waals surface area (Å²) in [6.45, 7) is 13.3. The summed E-state index contributed by atoms with van der Waals surface area (Å²) in [6.07, 6.45) is 3.68. The Labute approximate surface area is 267 Å². The Kier molecular flexibility index (Phi) is 10.5. The molecule has 2 N–H and O–H groups in total. The van der Waals surface area contributed by atoms with Crippen LogP contribution in [0.1, 0.15) is 88.3 Å². The Morgan fingerprint density at radius 3 is 2.36 bits per heavy atom. The Morgan fingerprint density at radius 2 is 1.69 bits per heavy atom. The fraction of sp³-hybridized carbons (Fsp3) is 0.647. The van der Waals surface area contributed by atoms with Gasteiger partial charge in [0.25, 0.3) is 5.91 Å². The highest BCUT2D eigenvalue weighted by atomic mass is 16.6. The van der Waals surface area contributed by atoms with Gasteiger partial charge < -0.3 is 29.7 Å². The number of benzene rings is 1. The molecule has 1 aromatic carbocycles. The summed E-state index contributed by atoms with van der Waals surface area (Å²) in [4.78, 5) is 41.3. The zero-order valence-corrected chi connectivity index (χ0v) is 27.5. The maximum Gasteiger partial charge on any atom is 0.410 e. The van der Waals surface area contributed by atoms with Gasteiger partial charge in [-0.15, -0.1) is 0 Å². The van der Waals surface area contributed by atoms with E-state index < -0.39 is 11.7 Å². The molecule has 45 heavy (non-hydrogen) atoms. The quantitative estimate of drug-likeness (QED) is 0.439. The van der Waals surface area contributed by atoms with E-state index in [0.29, 0.717) is 31.9 Å². The lowest BCUT2D eigenvalue weighted by atomic mass is 9.94. The van der Waals surface area contributed by atoms with Crippen LogP contribution in [-0.4, -0.2) is 104 Å². The van der Waals surface area contributed by atoms with Crippen LogP contribution in [0, 0.1) is 0 Å². The van der Waals surface area contributed by atoms with E-state index in [-0.39, 0.29) is 48.4 Å². The van der Waals surface area contributed by atoms with Crippen LogP contribution in [0.15, 0.2) is 30.3 Å². The minimum atomic E-state index is -0.650. The van der Waals surface area contributed by atoms with Crippen LogP contribution in [0.5, 0.6) is 6.01 Å². The molecule has 2 atom stereocenters. The van der Waals surface area contributed by atoms with Gasteiger partial charge in [0.05, 0.1) is 6.10 Å². The largest absolute Gasteiger partial charge is 0.460 e. The summed E-state index contributed by atoms with van der Waals surface area (Å²) < 4.78 is 11.6. The molecule has 0 unspecified atom stereocenters. The fourth-order valence-corrected chi connectivity index (χ4v) is 6.50. The first-order valence-electron chi connectivity index (χ1n) is 16.6. The third-order valence-electron chi connectivity index (χ3n) is 9.07. The molecule has 0 bridgehead atoms. The first-order valence-corrected chi connectivity index (χ1v) is 16.6. The van der Waals surface area contributed by atoms with Crippen LogP contribution >= 0.6 is 0 Å².